The summed E-state index contributed by atoms with van der Waals surface area (Å²) in [6.07, 6.45) is 3.29. The molecular formula is C33H34IrN2O2-2. The van der Waals surface area contributed by atoms with E-state index in [1.54, 1.807) is 12.3 Å². The second-order valence-corrected chi connectivity index (χ2v) is 10.7. The number of aromatic nitrogens is 1. The third-order valence-corrected chi connectivity index (χ3v) is 6.01. The Morgan fingerprint density at radius 2 is 1.63 bits per heavy atom. The van der Waals surface area contributed by atoms with E-state index >= 15 is 0 Å². The first-order valence-electron chi connectivity index (χ1n) is 12.7. The van der Waals surface area contributed by atoms with Crippen molar-refractivity contribution in [3.63, 3.8) is 0 Å². The zero-order valence-electron chi connectivity index (χ0n) is 23.0. The molecule has 0 unspecified atom stereocenters. The number of furan rings is 1. The summed E-state index contributed by atoms with van der Waals surface area (Å²) >= 11 is 0. The average molecular weight is 683 g/mol. The Morgan fingerprint density at radius 1 is 0.974 bits per heavy atom. The first-order chi connectivity index (χ1) is 17.5. The maximum absolute atomic E-state index is 10.5. The molecule has 0 saturated carbocycles. The number of carbonyl (C=O) groups excluding carboxylic acids is 1. The van der Waals surface area contributed by atoms with Crippen LogP contribution in [0.4, 0.5) is 0 Å². The number of ketones is 1. The molecule has 5 rings (SSSR count). The standard InChI is InChI=1S/C25H20NO.C8H15NO.Ir/c1-25(2,3)21-15-17(14-16-8-4-5-9-18(16)21)23-20-12-13-27-24(20)19-10-6-7-11-22(19)26-23;1-6(2)9-7(3)5-8(4)10;/h4-13,15H,1-3H3;5-6H,1-4H3,(H,9,10);/q-1;;/p-1. The smallest absolute Gasteiger partial charge is 0.151 e. The SMILES string of the molecule is CC(=O)/C=C(/C)[N-]C(C)C.CC(C)(C)c1cc(-c2nc3ccccc3c3occc23)[c-]c2ccccc12.[Ir]. The summed E-state index contributed by atoms with van der Waals surface area (Å²) in [7, 11) is 0. The van der Waals surface area contributed by atoms with Crippen molar-refractivity contribution in [2.24, 2.45) is 0 Å². The molecule has 5 heteroatoms. The largest absolute Gasteiger partial charge is 0.686 e. The van der Waals surface area contributed by atoms with Crippen LogP contribution in [-0.2, 0) is 30.3 Å². The number of para-hydroxylation sites is 1. The maximum Gasteiger partial charge on any atom is 0.151 e. The minimum atomic E-state index is 0. The molecule has 2 aromatic heterocycles. The van der Waals surface area contributed by atoms with Crippen molar-refractivity contribution in [2.45, 2.75) is 59.9 Å². The van der Waals surface area contributed by atoms with Crippen LogP contribution in [0.2, 0.25) is 0 Å². The van der Waals surface area contributed by atoms with Crippen LogP contribution < -0.4 is 0 Å². The fourth-order valence-electron chi connectivity index (χ4n) is 4.57. The summed E-state index contributed by atoms with van der Waals surface area (Å²) < 4.78 is 5.82. The van der Waals surface area contributed by atoms with E-state index in [2.05, 4.69) is 68.6 Å². The Labute approximate surface area is 238 Å². The van der Waals surface area contributed by atoms with Crippen molar-refractivity contribution in [1.82, 2.24) is 4.98 Å². The van der Waals surface area contributed by atoms with Gasteiger partial charge in [-0.1, -0.05) is 82.8 Å². The number of benzene rings is 3. The second kappa shape index (κ2) is 12.1. The van der Waals surface area contributed by atoms with Gasteiger partial charge in [-0.05, 0) is 36.6 Å². The van der Waals surface area contributed by atoms with Crippen LogP contribution in [0.3, 0.4) is 0 Å². The minimum absolute atomic E-state index is 0. The summed E-state index contributed by atoms with van der Waals surface area (Å²) in [6, 6.07) is 24.7. The van der Waals surface area contributed by atoms with Crippen LogP contribution >= 0.6 is 0 Å². The van der Waals surface area contributed by atoms with Gasteiger partial charge < -0.3 is 9.73 Å². The molecule has 0 amide bonds. The first kappa shape index (κ1) is 29.3. The predicted octanol–water partition coefficient (Wildman–Crippen LogP) is 9.16. The first-order valence-corrected chi connectivity index (χ1v) is 12.7. The third-order valence-electron chi connectivity index (χ3n) is 6.01. The van der Waals surface area contributed by atoms with Crippen LogP contribution in [-0.4, -0.2) is 16.8 Å². The Kier molecular flexibility index (Phi) is 9.30. The van der Waals surface area contributed by atoms with Gasteiger partial charge in [0.1, 0.15) is 5.58 Å². The van der Waals surface area contributed by atoms with E-state index in [-0.39, 0.29) is 37.3 Å². The van der Waals surface area contributed by atoms with E-state index in [0.29, 0.717) is 0 Å². The molecule has 3 aromatic carbocycles. The van der Waals surface area contributed by atoms with Gasteiger partial charge in [-0.2, -0.15) is 5.70 Å². The number of carbonyl (C=O) groups is 1. The normalized spacial score (nSPS) is 11.8. The summed E-state index contributed by atoms with van der Waals surface area (Å²) in [5.74, 6) is 0.0573. The number of hydrogen-bond acceptors (Lipinski definition) is 3. The van der Waals surface area contributed by atoms with Gasteiger partial charge in [0, 0.05) is 36.6 Å². The second-order valence-electron chi connectivity index (χ2n) is 10.7. The van der Waals surface area contributed by atoms with E-state index in [1.165, 1.54) is 17.9 Å². The van der Waals surface area contributed by atoms with Gasteiger partial charge >= 0.3 is 0 Å². The number of pyridine rings is 1. The summed E-state index contributed by atoms with van der Waals surface area (Å²) in [5.41, 5.74) is 5.89. The van der Waals surface area contributed by atoms with Crippen molar-refractivity contribution in [3.05, 3.63) is 95.6 Å². The fraction of sp³-hybridized carbons (Fsp3) is 0.273. The molecule has 0 N–H and O–H groups in total. The molecule has 199 valence electrons. The van der Waals surface area contributed by atoms with Gasteiger partial charge in [0.25, 0.3) is 0 Å². The number of hydrogen-bond donors (Lipinski definition) is 0. The predicted molar refractivity (Wildman–Crippen MR) is 155 cm³/mol. The van der Waals surface area contributed by atoms with Crippen molar-refractivity contribution >= 4 is 38.4 Å². The fourth-order valence-corrected chi connectivity index (χ4v) is 4.57. The maximum atomic E-state index is 10.5. The topological polar surface area (TPSA) is 57.2 Å². The van der Waals surface area contributed by atoms with Crippen LogP contribution in [0, 0.1) is 6.07 Å². The van der Waals surface area contributed by atoms with E-state index in [9.17, 15) is 4.79 Å². The van der Waals surface area contributed by atoms with E-state index < -0.39 is 0 Å². The number of rotatable bonds is 4. The molecule has 0 spiro atoms. The van der Waals surface area contributed by atoms with E-state index in [1.807, 2.05) is 45.0 Å². The summed E-state index contributed by atoms with van der Waals surface area (Å²) in [4.78, 5) is 15.5. The van der Waals surface area contributed by atoms with Crippen molar-refractivity contribution in [3.8, 4) is 11.3 Å². The van der Waals surface area contributed by atoms with Crippen molar-refractivity contribution in [2.75, 3.05) is 0 Å². The van der Waals surface area contributed by atoms with Crippen molar-refractivity contribution < 1.29 is 29.3 Å². The Balaban J connectivity index is 0.000000314. The molecule has 0 aliphatic heterocycles. The molecule has 0 aliphatic rings. The third kappa shape index (κ3) is 6.59. The van der Waals surface area contributed by atoms with Crippen LogP contribution in [0.5, 0.6) is 0 Å². The molecule has 0 atom stereocenters. The van der Waals surface area contributed by atoms with E-state index in [4.69, 9.17) is 9.40 Å². The summed E-state index contributed by atoms with van der Waals surface area (Å²) in [6.45, 7) is 14.1. The van der Waals surface area contributed by atoms with Crippen LogP contribution in [0.1, 0.15) is 54.0 Å². The number of allylic oxidation sites excluding steroid dienone is 2. The van der Waals surface area contributed by atoms with Crippen LogP contribution in [0.15, 0.2) is 83.1 Å². The van der Waals surface area contributed by atoms with Crippen molar-refractivity contribution in [1.29, 1.82) is 0 Å². The number of nitrogens with zero attached hydrogens (tertiary/aromatic N) is 2. The van der Waals surface area contributed by atoms with E-state index in [0.717, 1.165) is 44.2 Å². The molecule has 0 bridgehead atoms. The zero-order chi connectivity index (χ0) is 26.7. The van der Waals surface area contributed by atoms with Gasteiger partial charge in [0.05, 0.1) is 11.8 Å². The Morgan fingerprint density at radius 3 is 2.29 bits per heavy atom. The zero-order valence-corrected chi connectivity index (χ0v) is 25.4. The monoisotopic (exact) mass is 683 g/mol. The quantitative estimate of drug-likeness (QED) is 0.140. The molecule has 1 radical (unpaired) electrons. The van der Waals surface area contributed by atoms with Crippen LogP contribution in [0.25, 0.3) is 49.2 Å². The molecular weight excluding hydrogens is 649 g/mol. The Hall–Kier alpha value is -3.27. The molecule has 4 nitrogen and oxygen atoms in total. The molecule has 2 heterocycles. The molecule has 5 aromatic rings. The molecule has 38 heavy (non-hydrogen) atoms. The van der Waals surface area contributed by atoms with Gasteiger partial charge in [-0.25, -0.2) is 0 Å². The Bertz CT molecular complexity index is 1610. The molecule has 0 fully saturated rings. The molecule has 0 saturated heterocycles. The number of fused-ring (bicyclic) bond motifs is 4. The summed E-state index contributed by atoms with van der Waals surface area (Å²) in [5, 5.41) is 8.59. The minimum Gasteiger partial charge on any atom is -0.686 e. The van der Waals surface area contributed by atoms with Gasteiger partial charge in [0.15, 0.2) is 5.78 Å². The molecule has 0 aliphatic carbocycles. The van der Waals surface area contributed by atoms with Gasteiger partial charge in [-0.15, -0.1) is 35.2 Å². The average Bonchev–Trinajstić information content (AvgIpc) is 3.32. The van der Waals surface area contributed by atoms with Gasteiger partial charge in [0.2, 0.25) is 0 Å². The van der Waals surface area contributed by atoms with Gasteiger partial charge in [-0.3, -0.25) is 9.78 Å².